The van der Waals surface area contributed by atoms with E-state index in [1.54, 1.807) is 24.3 Å². The van der Waals surface area contributed by atoms with E-state index in [9.17, 15) is 14.7 Å². The van der Waals surface area contributed by atoms with E-state index in [1.165, 1.54) is 11.9 Å². The lowest BCUT2D eigenvalue weighted by Gasteiger charge is -2.32. The van der Waals surface area contributed by atoms with Crippen molar-refractivity contribution in [2.45, 2.75) is 46.0 Å². The molecule has 1 amide bonds. The number of hydrazine groups is 1. The topological polar surface area (TPSA) is 69.6 Å². The zero-order valence-corrected chi connectivity index (χ0v) is 13.1. The minimum Gasteiger partial charge on any atom is -0.464 e. The third kappa shape index (κ3) is 3.78. The number of hydrogen-bond acceptors (Lipinski definition) is 3. The summed E-state index contributed by atoms with van der Waals surface area (Å²) in [5.74, 6) is 0.332. The number of carbonyl (C=O) groups is 2. The van der Waals surface area contributed by atoms with Crippen LogP contribution in [0.4, 0.5) is 10.5 Å². The van der Waals surface area contributed by atoms with Gasteiger partial charge >= 0.3 is 6.09 Å². The number of carbonyl (C=O) groups excluding carboxylic acids is 1. The third-order valence-electron chi connectivity index (χ3n) is 4.20. The van der Waals surface area contributed by atoms with Gasteiger partial charge in [0.25, 0.3) is 0 Å². The van der Waals surface area contributed by atoms with E-state index >= 15 is 0 Å². The molecule has 1 aromatic rings. The number of benzene rings is 1. The molecule has 2 rings (SSSR count). The molecule has 0 saturated heterocycles. The summed E-state index contributed by atoms with van der Waals surface area (Å²) in [6, 6.07) is 7.78. The molecule has 22 heavy (non-hydrogen) atoms. The van der Waals surface area contributed by atoms with Crippen molar-refractivity contribution < 1.29 is 14.7 Å². The number of Topliss-reactive ketones (excluding diaryl/α,β-unsaturated/α-hetero) is 1. The molecular weight excluding hydrogens is 280 g/mol. The summed E-state index contributed by atoms with van der Waals surface area (Å²) < 4.78 is 0. The monoisotopic (exact) mass is 303 g/mol. The summed E-state index contributed by atoms with van der Waals surface area (Å²) in [7, 11) is 0. The summed E-state index contributed by atoms with van der Waals surface area (Å²) >= 11 is 0. The van der Waals surface area contributed by atoms with Gasteiger partial charge in [0.05, 0.1) is 11.7 Å². The number of rotatable bonds is 6. The minimum absolute atomic E-state index is 0.00611. The molecule has 1 saturated carbocycles. The Bertz CT molecular complexity index is 521. The second kappa shape index (κ2) is 7.29. The largest absolute Gasteiger partial charge is 0.464 e. The fourth-order valence-electron chi connectivity index (χ4n) is 3.04. The van der Waals surface area contributed by atoms with Crippen molar-refractivity contribution in [1.82, 2.24) is 5.01 Å². The molecular formula is C17H23N2O3. The van der Waals surface area contributed by atoms with Crippen LogP contribution in [0.3, 0.4) is 0 Å². The first kappa shape index (κ1) is 16.3. The zero-order chi connectivity index (χ0) is 16.1. The van der Waals surface area contributed by atoms with Crippen LogP contribution in [0.1, 0.15) is 56.3 Å². The average molecular weight is 303 g/mol. The Hall–Kier alpha value is -2.04. The van der Waals surface area contributed by atoms with Crippen molar-refractivity contribution >= 4 is 17.6 Å². The van der Waals surface area contributed by atoms with Gasteiger partial charge in [0.15, 0.2) is 5.78 Å². The maximum atomic E-state index is 11.6. The number of anilines is 1. The highest BCUT2D eigenvalue weighted by Gasteiger charge is 2.32. The fraction of sp³-hybridized carbons (Fsp3) is 0.471. The van der Waals surface area contributed by atoms with Crippen LogP contribution in [0.2, 0.25) is 0 Å². The highest BCUT2D eigenvalue weighted by Crippen LogP contribution is 2.36. The van der Waals surface area contributed by atoms with E-state index in [2.05, 4.69) is 5.43 Å². The van der Waals surface area contributed by atoms with Crippen LogP contribution in [0.15, 0.2) is 24.3 Å². The fourth-order valence-corrected chi connectivity index (χ4v) is 3.04. The summed E-state index contributed by atoms with van der Waals surface area (Å²) in [6.07, 6.45) is 4.13. The van der Waals surface area contributed by atoms with Gasteiger partial charge in [-0.2, -0.15) is 0 Å². The lowest BCUT2D eigenvalue weighted by atomic mass is 9.95. The molecule has 1 aromatic carbocycles. The number of nitrogens with one attached hydrogen (secondary N) is 1. The van der Waals surface area contributed by atoms with Crippen LogP contribution >= 0.6 is 0 Å². The smallest absolute Gasteiger partial charge is 0.426 e. The number of amides is 1. The molecule has 0 heterocycles. The van der Waals surface area contributed by atoms with Crippen LogP contribution in [0.5, 0.6) is 0 Å². The van der Waals surface area contributed by atoms with Gasteiger partial charge in [0.2, 0.25) is 0 Å². The maximum absolute atomic E-state index is 11.6. The lowest BCUT2D eigenvalue weighted by molar-refractivity contribution is 0.101. The zero-order valence-electron chi connectivity index (χ0n) is 13.1. The number of hydrogen-bond donors (Lipinski definition) is 2. The predicted molar refractivity (Wildman–Crippen MR) is 85.4 cm³/mol. The number of carboxylic acid groups (broad SMARTS) is 1. The summed E-state index contributed by atoms with van der Waals surface area (Å²) in [6.45, 7) is 3.50. The van der Waals surface area contributed by atoms with Crippen molar-refractivity contribution in [3.63, 3.8) is 0 Å². The molecule has 1 radical (unpaired) electrons. The predicted octanol–water partition coefficient (Wildman–Crippen LogP) is 4.33. The summed E-state index contributed by atoms with van der Waals surface area (Å²) in [5.41, 5.74) is 4.24. The Labute approximate surface area is 131 Å². The quantitative estimate of drug-likeness (QED) is 0.606. The summed E-state index contributed by atoms with van der Waals surface area (Å²) in [4.78, 5) is 22.9. The Morgan fingerprint density at radius 2 is 1.82 bits per heavy atom. The minimum atomic E-state index is -1.00. The van der Waals surface area contributed by atoms with Crippen LogP contribution < -0.4 is 5.43 Å². The standard InChI is InChI=1S/C17H23N2O3/c1-3-16(14-6-4-5-7-14)19(17(21)22)18-15-10-8-13(9-11-15)12(2)20/h8-11,14,18H,3-7H2,1-2H3,(H,21,22). The SMILES string of the molecule is CC[C](C1CCCC1)N(Nc1ccc(C(C)=O)cc1)C(=O)O. The normalized spacial score (nSPS) is 15.0. The van der Waals surface area contributed by atoms with Gasteiger partial charge in [0, 0.05) is 5.56 Å². The molecule has 0 bridgehead atoms. The van der Waals surface area contributed by atoms with E-state index < -0.39 is 6.09 Å². The average Bonchev–Trinajstić information content (AvgIpc) is 3.01. The Morgan fingerprint density at radius 1 is 1.23 bits per heavy atom. The second-order valence-electron chi connectivity index (χ2n) is 5.69. The van der Waals surface area contributed by atoms with Crippen LogP contribution in [0.25, 0.3) is 0 Å². The Morgan fingerprint density at radius 3 is 2.27 bits per heavy atom. The molecule has 119 valence electrons. The Balaban J connectivity index is 2.13. The molecule has 2 N–H and O–H groups in total. The first-order valence-corrected chi connectivity index (χ1v) is 7.79. The first-order valence-electron chi connectivity index (χ1n) is 7.79. The van der Waals surface area contributed by atoms with Crippen molar-refractivity contribution in [1.29, 1.82) is 0 Å². The van der Waals surface area contributed by atoms with Crippen LogP contribution in [-0.2, 0) is 0 Å². The van der Waals surface area contributed by atoms with Gasteiger partial charge in [-0.1, -0.05) is 19.8 Å². The van der Waals surface area contributed by atoms with Gasteiger partial charge in [-0.3, -0.25) is 10.2 Å². The van der Waals surface area contributed by atoms with E-state index in [1.807, 2.05) is 6.92 Å². The lowest BCUT2D eigenvalue weighted by Crippen LogP contribution is -2.41. The molecule has 0 aromatic heterocycles. The van der Waals surface area contributed by atoms with Crippen LogP contribution in [-0.4, -0.2) is 22.0 Å². The molecule has 1 fully saturated rings. The van der Waals surface area contributed by atoms with Crippen molar-refractivity contribution in [3.8, 4) is 0 Å². The highest BCUT2D eigenvalue weighted by molar-refractivity contribution is 5.94. The molecule has 0 spiro atoms. The Kier molecular flexibility index (Phi) is 5.41. The number of ketones is 1. The van der Waals surface area contributed by atoms with Gasteiger partial charge in [-0.05, 0) is 56.4 Å². The van der Waals surface area contributed by atoms with E-state index in [0.29, 0.717) is 23.6 Å². The van der Waals surface area contributed by atoms with Crippen molar-refractivity contribution in [3.05, 3.63) is 35.9 Å². The van der Waals surface area contributed by atoms with Gasteiger partial charge in [-0.15, -0.1) is 0 Å². The van der Waals surface area contributed by atoms with Gasteiger partial charge in [-0.25, -0.2) is 9.80 Å². The van der Waals surface area contributed by atoms with E-state index in [-0.39, 0.29) is 5.78 Å². The molecule has 5 nitrogen and oxygen atoms in total. The second-order valence-corrected chi connectivity index (χ2v) is 5.69. The third-order valence-corrected chi connectivity index (χ3v) is 4.20. The van der Waals surface area contributed by atoms with Crippen LogP contribution in [0, 0.1) is 12.0 Å². The van der Waals surface area contributed by atoms with Crippen molar-refractivity contribution in [2.75, 3.05) is 5.43 Å². The molecule has 0 aliphatic heterocycles. The van der Waals surface area contributed by atoms with E-state index in [4.69, 9.17) is 0 Å². The van der Waals surface area contributed by atoms with E-state index in [0.717, 1.165) is 31.7 Å². The van der Waals surface area contributed by atoms with Gasteiger partial charge in [0.1, 0.15) is 0 Å². The van der Waals surface area contributed by atoms with Gasteiger partial charge < -0.3 is 5.11 Å². The first-order chi connectivity index (χ1) is 10.5. The number of nitrogens with zero attached hydrogens (tertiary/aromatic N) is 1. The highest BCUT2D eigenvalue weighted by atomic mass is 16.4. The molecule has 1 aliphatic carbocycles. The molecule has 1 aliphatic rings. The molecule has 0 atom stereocenters. The molecule has 0 unspecified atom stereocenters. The maximum Gasteiger partial charge on any atom is 0.426 e. The van der Waals surface area contributed by atoms with Crippen molar-refractivity contribution in [2.24, 2.45) is 5.92 Å². The molecule has 5 heteroatoms. The summed E-state index contributed by atoms with van der Waals surface area (Å²) in [5, 5.41) is 10.8.